The van der Waals surface area contributed by atoms with Crippen LogP contribution in [-0.4, -0.2) is 21.5 Å². The van der Waals surface area contributed by atoms with E-state index in [2.05, 4.69) is 4.72 Å². The van der Waals surface area contributed by atoms with Gasteiger partial charge in [0.25, 0.3) is 0 Å². The first-order valence-electron chi connectivity index (χ1n) is 13.3. The Bertz CT molecular complexity index is 1680. The predicted octanol–water partition coefficient (Wildman–Crippen LogP) is 7.08. The summed E-state index contributed by atoms with van der Waals surface area (Å²) < 4.78 is 38.5. The van der Waals surface area contributed by atoms with Gasteiger partial charge < -0.3 is 18.3 Å². The van der Waals surface area contributed by atoms with Crippen LogP contribution in [0.3, 0.4) is 0 Å². The highest BCUT2D eigenvalue weighted by molar-refractivity contribution is 7.84. The number of benzene rings is 3. The molecule has 0 aliphatic carbocycles. The zero-order valence-electron chi connectivity index (χ0n) is 23.1. The van der Waals surface area contributed by atoms with Gasteiger partial charge in [-0.1, -0.05) is 36.4 Å². The van der Waals surface area contributed by atoms with E-state index in [0.29, 0.717) is 25.5 Å². The third kappa shape index (κ3) is 5.98. The lowest BCUT2D eigenvalue weighted by Gasteiger charge is -2.17. The van der Waals surface area contributed by atoms with Gasteiger partial charge in [0, 0.05) is 39.6 Å². The molecule has 0 fully saturated rings. The van der Waals surface area contributed by atoms with Gasteiger partial charge in [0.2, 0.25) is 0 Å². The molecule has 0 aliphatic rings. The number of ether oxygens (including phenoxy) is 2. The van der Waals surface area contributed by atoms with Gasteiger partial charge in [-0.15, -0.1) is 0 Å². The summed E-state index contributed by atoms with van der Waals surface area (Å²) in [6.45, 7) is 8.67. The second kappa shape index (κ2) is 11.7. The molecule has 1 N–H and O–H groups in total. The van der Waals surface area contributed by atoms with E-state index in [-0.39, 0.29) is 17.1 Å². The standard InChI is InChI=1S/C32H33NO6S/c1-5-36-29(34)17-22-9-6-7-12-28(22)38-19-21-15-23-13-14-37-30(23)27(16-21)26-11-8-10-25-24(20-39-31(25)26)18-33-40(35)32(2,3)4/h6-16,20,33H,5,17-19H2,1-4H3/t40-/m1/s1. The average molecular weight is 560 g/mol. The van der Waals surface area contributed by atoms with Gasteiger partial charge in [-0.25, -0.2) is 8.93 Å². The van der Waals surface area contributed by atoms with E-state index in [1.54, 1.807) is 19.5 Å². The van der Waals surface area contributed by atoms with Crippen molar-refractivity contribution in [1.82, 2.24) is 4.72 Å². The molecule has 3 aromatic carbocycles. The van der Waals surface area contributed by atoms with Crippen LogP contribution in [0.25, 0.3) is 33.1 Å². The summed E-state index contributed by atoms with van der Waals surface area (Å²) in [7, 11) is -1.19. The Hall–Kier alpha value is -3.88. The summed E-state index contributed by atoms with van der Waals surface area (Å²) >= 11 is 0. The minimum absolute atomic E-state index is 0.150. The number of carbonyl (C=O) groups is 1. The van der Waals surface area contributed by atoms with Crippen LogP contribution in [-0.2, 0) is 40.1 Å². The molecule has 0 unspecified atom stereocenters. The van der Waals surface area contributed by atoms with Crippen LogP contribution in [0.15, 0.2) is 82.0 Å². The van der Waals surface area contributed by atoms with E-state index in [1.165, 1.54) is 0 Å². The van der Waals surface area contributed by atoms with E-state index in [0.717, 1.165) is 49.8 Å². The third-order valence-corrected chi connectivity index (χ3v) is 8.06. The molecule has 0 saturated heterocycles. The van der Waals surface area contributed by atoms with Crippen molar-refractivity contribution in [2.75, 3.05) is 6.61 Å². The Balaban J connectivity index is 1.44. The lowest BCUT2D eigenvalue weighted by molar-refractivity contribution is -0.142. The lowest BCUT2D eigenvalue weighted by Crippen LogP contribution is -2.32. The zero-order valence-corrected chi connectivity index (χ0v) is 23.9. The third-order valence-electron chi connectivity index (χ3n) is 6.54. The molecule has 2 heterocycles. The molecule has 0 amide bonds. The van der Waals surface area contributed by atoms with Crippen molar-refractivity contribution in [1.29, 1.82) is 0 Å². The maximum absolute atomic E-state index is 12.5. The molecule has 0 saturated carbocycles. The van der Waals surface area contributed by atoms with Crippen LogP contribution in [0.5, 0.6) is 5.75 Å². The van der Waals surface area contributed by atoms with Crippen molar-refractivity contribution < 1.29 is 27.3 Å². The van der Waals surface area contributed by atoms with Crippen LogP contribution >= 0.6 is 0 Å². The molecular weight excluding hydrogens is 526 g/mol. The monoisotopic (exact) mass is 559 g/mol. The largest absolute Gasteiger partial charge is 0.489 e. The molecule has 8 heteroatoms. The first-order valence-corrected chi connectivity index (χ1v) is 14.4. The minimum atomic E-state index is -1.19. The summed E-state index contributed by atoms with van der Waals surface area (Å²) in [5, 5.41) is 1.90. The number of carbonyl (C=O) groups excluding carboxylic acids is 1. The van der Waals surface area contributed by atoms with Gasteiger partial charge in [0.05, 0.1) is 41.3 Å². The summed E-state index contributed by atoms with van der Waals surface area (Å²) in [6, 6.07) is 19.5. The smallest absolute Gasteiger partial charge is 0.310 e. The summed E-state index contributed by atoms with van der Waals surface area (Å²) in [5.41, 5.74) is 5.92. The summed E-state index contributed by atoms with van der Waals surface area (Å²) in [4.78, 5) is 12.1. The van der Waals surface area contributed by atoms with Crippen LogP contribution in [0.4, 0.5) is 0 Å². The predicted molar refractivity (Wildman–Crippen MR) is 157 cm³/mol. The lowest BCUT2D eigenvalue weighted by atomic mass is 9.98. The summed E-state index contributed by atoms with van der Waals surface area (Å²) in [5.74, 6) is 0.355. The maximum Gasteiger partial charge on any atom is 0.310 e. The second-order valence-electron chi connectivity index (χ2n) is 10.5. The number of furan rings is 2. The number of hydrogen-bond donors (Lipinski definition) is 1. The Kier molecular flexibility index (Phi) is 8.09. The molecule has 5 aromatic rings. The van der Waals surface area contributed by atoms with E-state index in [4.69, 9.17) is 18.3 Å². The fourth-order valence-electron chi connectivity index (χ4n) is 4.57. The normalized spacial score (nSPS) is 12.6. The number of nitrogens with one attached hydrogen (secondary N) is 1. The maximum atomic E-state index is 12.5. The Morgan fingerprint density at radius 1 is 0.950 bits per heavy atom. The quantitative estimate of drug-likeness (QED) is 0.184. The first kappa shape index (κ1) is 27.7. The molecule has 208 valence electrons. The van der Waals surface area contributed by atoms with Crippen LogP contribution < -0.4 is 9.46 Å². The molecule has 5 rings (SSSR count). The van der Waals surface area contributed by atoms with E-state index in [1.807, 2.05) is 81.4 Å². The van der Waals surface area contributed by atoms with Gasteiger partial charge in [-0.05, 0) is 57.5 Å². The fourth-order valence-corrected chi connectivity index (χ4v) is 5.29. The Labute approximate surface area is 236 Å². The minimum Gasteiger partial charge on any atom is -0.489 e. The average Bonchev–Trinajstić information content (AvgIpc) is 3.57. The van der Waals surface area contributed by atoms with Crippen molar-refractivity contribution >= 4 is 38.9 Å². The Morgan fingerprint density at radius 2 is 1.77 bits per heavy atom. The number of esters is 1. The van der Waals surface area contributed by atoms with Crippen molar-refractivity contribution in [3.05, 3.63) is 89.9 Å². The highest BCUT2D eigenvalue weighted by Gasteiger charge is 2.21. The van der Waals surface area contributed by atoms with Crippen molar-refractivity contribution in [3.8, 4) is 16.9 Å². The molecule has 7 nitrogen and oxygen atoms in total. The van der Waals surface area contributed by atoms with Crippen LogP contribution in [0, 0.1) is 0 Å². The van der Waals surface area contributed by atoms with Gasteiger partial charge >= 0.3 is 5.97 Å². The van der Waals surface area contributed by atoms with Gasteiger partial charge in [0.15, 0.2) is 0 Å². The molecule has 0 spiro atoms. The van der Waals surface area contributed by atoms with Crippen LogP contribution in [0.2, 0.25) is 0 Å². The highest BCUT2D eigenvalue weighted by Crippen LogP contribution is 2.37. The fraction of sp³-hybridized carbons (Fsp3) is 0.281. The molecule has 2 aromatic heterocycles. The van der Waals surface area contributed by atoms with Crippen molar-refractivity contribution in [2.24, 2.45) is 0 Å². The second-order valence-corrected chi connectivity index (χ2v) is 12.6. The first-order chi connectivity index (χ1) is 19.2. The van der Waals surface area contributed by atoms with Gasteiger partial charge in [-0.2, -0.15) is 0 Å². The summed E-state index contributed by atoms with van der Waals surface area (Å²) in [6.07, 6.45) is 3.54. The molecule has 1 atom stereocenters. The number of fused-ring (bicyclic) bond motifs is 2. The highest BCUT2D eigenvalue weighted by atomic mass is 32.2. The molecule has 0 aliphatic heterocycles. The molecular formula is C32H33NO6S. The Morgan fingerprint density at radius 3 is 2.58 bits per heavy atom. The van der Waals surface area contributed by atoms with E-state index in [9.17, 15) is 9.00 Å². The number of hydrogen-bond acceptors (Lipinski definition) is 6. The van der Waals surface area contributed by atoms with E-state index >= 15 is 0 Å². The topological polar surface area (TPSA) is 90.9 Å². The van der Waals surface area contributed by atoms with Gasteiger partial charge in [0.1, 0.15) is 23.5 Å². The molecule has 0 radical (unpaired) electrons. The molecule has 40 heavy (non-hydrogen) atoms. The zero-order chi connectivity index (χ0) is 28.3. The van der Waals surface area contributed by atoms with E-state index < -0.39 is 11.0 Å². The SMILES string of the molecule is CCOC(=O)Cc1ccccc1OCc1cc(-c2cccc3c(CN[S@](=O)C(C)(C)C)coc23)c2occc2c1. The van der Waals surface area contributed by atoms with Crippen molar-refractivity contribution in [2.45, 2.75) is 52.0 Å². The van der Waals surface area contributed by atoms with Crippen molar-refractivity contribution in [3.63, 3.8) is 0 Å². The number of rotatable bonds is 10. The van der Waals surface area contributed by atoms with Gasteiger partial charge in [-0.3, -0.25) is 4.79 Å². The molecule has 0 bridgehead atoms. The number of para-hydroxylation sites is 2. The van der Waals surface area contributed by atoms with Crippen LogP contribution in [0.1, 0.15) is 44.4 Å².